The molecule has 1 aliphatic heterocycles. The Morgan fingerprint density at radius 3 is 2.81 bits per heavy atom. The van der Waals surface area contributed by atoms with E-state index in [9.17, 15) is 0 Å². The molecule has 4 heteroatoms. The highest BCUT2D eigenvalue weighted by Gasteiger charge is 2.14. The second-order valence-electron chi connectivity index (χ2n) is 5.29. The van der Waals surface area contributed by atoms with E-state index in [2.05, 4.69) is 17.1 Å². The average Bonchev–Trinajstić information content (AvgIpc) is 2.95. The molecule has 0 spiro atoms. The van der Waals surface area contributed by atoms with Crippen molar-refractivity contribution < 1.29 is 4.74 Å². The lowest BCUT2D eigenvalue weighted by molar-refractivity contribution is 0.134. The lowest BCUT2D eigenvalue weighted by Gasteiger charge is -2.07. The molecule has 21 heavy (non-hydrogen) atoms. The summed E-state index contributed by atoms with van der Waals surface area (Å²) in [6.45, 7) is 3.38. The van der Waals surface area contributed by atoms with Crippen LogP contribution in [0.1, 0.15) is 16.7 Å². The Bertz CT molecular complexity index is 861. The van der Waals surface area contributed by atoms with Crippen molar-refractivity contribution in [2.45, 2.75) is 20.1 Å². The summed E-state index contributed by atoms with van der Waals surface area (Å²) in [5.74, 6) is 0.663. The number of halogens is 1. The Hall–Kier alpha value is -1.97. The first-order chi connectivity index (χ1) is 10.2. The van der Waals surface area contributed by atoms with Crippen LogP contribution in [0.4, 0.5) is 0 Å². The Morgan fingerprint density at radius 1 is 1.05 bits per heavy atom. The standard InChI is InChI=1S/C17H13ClN2O/c1-10-3-2-4-14-15(10)19-17(20-16(14)18)11-5-6-12-8-21-9-13(12)7-11/h2-7H,8-9H2,1H3. The fraction of sp³-hybridized carbons (Fsp3) is 0.176. The third-order valence-electron chi connectivity index (χ3n) is 3.86. The van der Waals surface area contributed by atoms with Gasteiger partial charge in [0.15, 0.2) is 5.82 Å². The lowest BCUT2D eigenvalue weighted by Crippen LogP contribution is -1.94. The van der Waals surface area contributed by atoms with Crippen molar-refractivity contribution in [3.05, 3.63) is 58.2 Å². The van der Waals surface area contributed by atoms with Crippen LogP contribution in [0.25, 0.3) is 22.3 Å². The van der Waals surface area contributed by atoms with Crippen molar-refractivity contribution in [1.29, 1.82) is 0 Å². The van der Waals surface area contributed by atoms with Crippen molar-refractivity contribution in [1.82, 2.24) is 9.97 Å². The summed E-state index contributed by atoms with van der Waals surface area (Å²) >= 11 is 6.33. The summed E-state index contributed by atoms with van der Waals surface area (Å²) in [7, 11) is 0. The summed E-state index contributed by atoms with van der Waals surface area (Å²) < 4.78 is 5.45. The van der Waals surface area contributed by atoms with Crippen LogP contribution in [0.5, 0.6) is 0 Å². The first-order valence-electron chi connectivity index (χ1n) is 6.85. The van der Waals surface area contributed by atoms with Crippen molar-refractivity contribution in [3.63, 3.8) is 0 Å². The second kappa shape index (κ2) is 4.79. The highest BCUT2D eigenvalue weighted by molar-refractivity contribution is 6.34. The molecule has 0 aliphatic carbocycles. The number of aryl methyl sites for hydroxylation is 1. The van der Waals surface area contributed by atoms with Crippen LogP contribution in [-0.2, 0) is 18.0 Å². The lowest BCUT2D eigenvalue weighted by atomic mass is 10.1. The normalized spacial score (nSPS) is 13.6. The third-order valence-corrected chi connectivity index (χ3v) is 4.15. The molecule has 0 atom stereocenters. The zero-order valence-corrected chi connectivity index (χ0v) is 12.3. The van der Waals surface area contributed by atoms with E-state index in [1.54, 1.807) is 0 Å². The first kappa shape index (κ1) is 12.7. The van der Waals surface area contributed by atoms with Crippen LogP contribution in [0.15, 0.2) is 36.4 Å². The van der Waals surface area contributed by atoms with E-state index in [-0.39, 0.29) is 0 Å². The van der Waals surface area contributed by atoms with Gasteiger partial charge < -0.3 is 4.74 Å². The van der Waals surface area contributed by atoms with Crippen LogP contribution in [-0.4, -0.2) is 9.97 Å². The molecule has 0 radical (unpaired) electrons. The van der Waals surface area contributed by atoms with E-state index in [1.165, 1.54) is 11.1 Å². The molecule has 0 saturated heterocycles. The van der Waals surface area contributed by atoms with E-state index in [0.717, 1.165) is 22.0 Å². The molecule has 0 N–H and O–H groups in total. The number of nitrogens with zero attached hydrogens (tertiary/aromatic N) is 2. The molecule has 1 aromatic heterocycles. The molecule has 3 nitrogen and oxygen atoms in total. The number of hydrogen-bond acceptors (Lipinski definition) is 3. The summed E-state index contributed by atoms with van der Waals surface area (Å²) in [4.78, 5) is 9.15. The Morgan fingerprint density at radius 2 is 1.90 bits per heavy atom. The van der Waals surface area contributed by atoms with Gasteiger partial charge in [-0.1, -0.05) is 35.9 Å². The highest BCUT2D eigenvalue weighted by atomic mass is 35.5. The molecule has 2 aromatic carbocycles. The number of ether oxygens (including phenoxy) is 1. The molecule has 4 rings (SSSR count). The maximum absolute atomic E-state index is 6.33. The molecular weight excluding hydrogens is 284 g/mol. The Balaban J connectivity index is 1.92. The molecule has 0 bridgehead atoms. The predicted octanol–water partition coefficient (Wildman–Crippen LogP) is 4.29. The topological polar surface area (TPSA) is 35.0 Å². The monoisotopic (exact) mass is 296 g/mol. The molecule has 0 amide bonds. The first-order valence-corrected chi connectivity index (χ1v) is 7.23. The van der Waals surface area contributed by atoms with Gasteiger partial charge in [-0.2, -0.15) is 0 Å². The van der Waals surface area contributed by atoms with Crippen molar-refractivity contribution in [3.8, 4) is 11.4 Å². The van der Waals surface area contributed by atoms with Crippen molar-refractivity contribution in [2.75, 3.05) is 0 Å². The zero-order chi connectivity index (χ0) is 14.4. The van der Waals surface area contributed by atoms with E-state index in [0.29, 0.717) is 24.2 Å². The van der Waals surface area contributed by atoms with Crippen LogP contribution in [0, 0.1) is 6.92 Å². The second-order valence-corrected chi connectivity index (χ2v) is 5.64. The third kappa shape index (κ3) is 2.09. The fourth-order valence-corrected chi connectivity index (χ4v) is 2.93. The zero-order valence-electron chi connectivity index (χ0n) is 11.6. The average molecular weight is 297 g/mol. The number of aromatic nitrogens is 2. The highest BCUT2D eigenvalue weighted by Crippen LogP contribution is 2.29. The number of hydrogen-bond donors (Lipinski definition) is 0. The summed E-state index contributed by atoms with van der Waals surface area (Å²) in [5.41, 5.74) is 5.43. The van der Waals surface area contributed by atoms with Gasteiger partial charge in [-0.15, -0.1) is 0 Å². The molecular formula is C17H13ClN2O. The van der Waals surface area contributed by atoms with Gasteiger partial charge in [0.1, 0.15) is 5.15 Å². The van der Waals surface area contributed by atoms with Gasteiger partial charge in [0.25, 0.3) is 0 Å². The van der Waals surface area contributed by atoms with Crippen LogP contribution >= 0.6 is 11.6 Å². The molecule has 0 saturated carbocycles. The van der Waals surface area contributed by atoms with Crippen LogP contribution in [0.2, 0.25) is 5.15 Å². The molecule has 0 unspecified atom stereocenters. The maximum Gasteiger partial charge on any atom is 0.161 e. The molecule has 1 aliphatic rings. The molecule has 0 fully saturated rings. The van der Waals surface area contributed by atoms with E-state index >= 15 is 0 Å². The van der Waals surface area contributed by atoms with Gasteiger partial charge in [-0.25, -0.2) is 9.97 Å². The number of fused-ring (bicyclic) bond motifs is 2. The van der Waals surface area contributed by atoms with Gasteiger partial charge in [-0.3, -0.25) is 0 Å². The van der Waals surface area contributed by atoms with Gasteiger partial charge >= 0.3 is 0 Å². The molecule has 3 aromatic rings. The van der Waals surface area contributed by atoms with Crippen molar-refractivity contribution in [2.24, 2.45) is 0 Å². The van der Waals surface area contributed by atoms with E-state index in [4.69, 9.17) is 21.3 Å². The number of rotatable bonds is 1. The minimum Gasteiger partial charge on any atom is -0.372 e. The Labute approximate surface area is 127 Å². The largest absolute Gasteiger partial charge is 0.372 e. The van der Waals surface area contributed by atoms with Gasteiger partial charge in [0.2, 0.25) is 0 Å². The minimum absolute atomic E-state index is 0.496. The fourth-order valence-electron chi connectivity index (χ4n) is 2.70. The van der Waals surface area contributed by atoms with Crippen LogP contribution < -0.4 is 0 Å². The number of para-hydroxylation sites is 1. The smallest absolute Gasteiger partial charge is 0.161 e. The number of benzene rings is 2. The van der Waals surface area contributed by atoms with E-state index < -0.39 is 0 Å². The van der Waals surface area contributed by atoms with Gasteiger partial charge in [0, 0.05) is 10.9 Å². The van der Waals surface area contributed by atoms with Gasteiger partial charge in [0.05, 0.1) is 18.7 Å². The summed E-state index contributed by atoms with van der Waals surface area (Å²) in [5, 5.41) is 1.39. The summed E-state index contributed by atoms with van der Waals surface area (Å²) in [6, 6.07) is 12.2. The van der Waals surface area contributed by atoms with E-state index in [1.807, 2.05) is 31.2 Å². The summed E-state index contributed by atoms with van der Waals surface area (Å²) in [6.07, 6.45) is 0. The molecule has 104 valence electrons. The molecule has 2 heterocycles. The van der Waals surface area contributed by atoms with Gasteiger partial charge in [-0.05, 0) is 35.7 Å². The SMILES string of the molecule is Cc1cccc2c(Cl)nc(-c3ccc4c(c3)COC4)nc12. The minimum atomic E-state index is 0.496. The quantitative estimate of drug-likeness (QED) is 0.628. The van der Waals surface area contributed by atoms with Crippen LogP contribution in [0.3, 0.4) is 0 Å². The van der Waals surface area contributed by atoms with Crippen molar-refractivity contribution >= 4 is 22.5 Å². The maximum atomic E-state index is 6.33. The Kier molecular flexibility index (Phi) is 2.91. The predicted molar refractivity (Wildman–Crippen MR) is 83.2 cm³/mol.